The number of aromatic nitrogens is 1. The van der Waals surface area contributed by atoms with Crippen molar-refractivity contribution in [2.75, 3.05) is 30.3 Å². The van der Waals surface area contributed by atoms with Crippen LogP contribution in [0.1, 0.15) is 47.4 Å². The molecular formula is C26H30N4O2. The molecule has 0 unspecified atom stereocenters. The number of hydrogen-bond donors (Lipinski definition) is 2. The van der Waals surface area contributed by atoms with Crippen molar-refractivity contribution < 1.29 is 9.59 Å². The summed E-state index contributed by atoms with van der Waals surface area (Å²) in [6, 6.07) is 18.5. The summed E-state index contributed by atoms with van der Waals surface area (Å²) in [6.07, 6.45) is 4.59. The Morgan fingerprint density at radius 2 is 1.62 bits per heavy atom. The van der Waals surface area contributed by atoms with Crippen molar-refractivity contribution in [3.8, 4) is 0 Å². The maximum Gasteiger partial charge on any atom is 0.257 e. The van der Waals surface area contributed by atoms with E-state index < -0.39 is 0 Å². The number of carbonyl (C=O) groups excluding carboxylic acids is 2. The molecule has 1 amide bonds. The fraction of sp³-hybridized carbons (Fsp3) is 0.269. The predicted molar refractivity (Wildman–Crippen MR) is 130 cm³/mol. The van der Waals surface area contributed by atoms with Crippen molar-refractivity contribution in [3.63, 3.8) is 0 Å². The molecule has 2 N–H and O–H groups in total. The molecule has 0 aliphatic rings. The van der Waals surface area contributed by atoms with Gasteiger partial charge in [0.2, 0.25) is 0 Å². The van der Waals surface area contributed by atoms with Gasteiger partial charge in [0.25, 0.3) is 5.91 Å². The molecule has 3 aromatic rings. The number of rotatable bonds is 11. The average molecular weight is 431 g/mol. The first-order chi connectivity index (χ1) is 15.6. The lowest BCUT2D eigenvalue weighted by Gasteiger charge is -2.17. The van der Waals surface area contributed by atoms with E-state index in [0.717, 1.165) is 43.0 Å². The van der Waals surface area contributed by atoms with Gasteiger partial charge in [-0.05, 0) is 80.7 Å². The molecule has 6 nitrogen and oxygen atoms in total. The van der Waals surface area contributed by atoms with Gasteiger partial charge in [-0.3, -0.25) is 14.6 Å². The van der Waals surface area contributed by atoms with Crippen molar-refractivity contribution in [3.05, 3.63) is 84.2 Å². The Bertz CT molecular complexity index is 1020. The van der Waals surface area contributed by atoms with Crippen molar-refractivity contribution in [1.29, 1.82) is 0 Å². The Labute approximate surface area is 189 Å². The van der Waals surface area contributed by atoms with Crippen LogP contribution in [0.5, 0.6) is 0 Å². The zero-order valence-corrected chi connectivity index (χ0v) is 18.7. The zero-order valence-electron chi connectivity index (χ0n) is 18.7. The van der Waals surface area contributed by atoms with Crippen molar-refractivity contribution >= 4 is 28.8 Å². The summed E-state index contributed by atoms with van der Waals surface area (Å²) in [5, 5.41) is 6.19. The van der Waals surface area contributed by atoms with E-state index in [1.807, 2.05) is 48.5 Å². The lowest BCUT2D eigenvalue weighted by molar-refractivity contribution is 0.0974. The molecule has 2 aromatic carbocycles. The highest BCUT2D eigenvalue weighted by molar-refractivity contribution is 6.04. The monoisotopic (exact) mass is 430 g/mol. The number of nitrogens with zero attached hydrogens (tertiary/aromatic N) is 2. The van der Waals surface area contributed by atoms with Crippen molar-refractivity contribution in [2.24, 2.45) is 0 Å². The molecule has 0 aliphatic heterocycles. The summed E-state index contributed by atoms with van der Waals surface area (Å²) in [4.78, 5) is 31.1. The summed E-state index contributed by atoms with van der Waals surface area (Å²) < 4.78 is 0. The van der Waals surface area contributed by atoms with E-state index in [2.05, 4.69) is 34.4 Å². The maximum atomic E-state index is 12.5. The number of hydrogen-bond acceptors (Lipinski definition) is 5. The van der Waals surface area contributed by atoms with Crippen LogP contribution in [-0.2, 0) is 0 Å². The number of anilines is 3. The van der Waals surface area contributed by atoms with E-state index in [0.29, 0.717) is 17.7 Å². The minimum Gasteiger partial charge on any atom is -0.355 e. The van der Waals surface area contributed by atoms with Gasteiger partial charge < -0.3 is 15.5 Å². The molecular weight excluding hydrogens is 400 g/mol. The normalized spacial score (nSPS) is 10.7. The third kappa shape index (κ3) is 6.75. The molecule has 1 aromatic heterocycles. The van der Waals surface area contributed by atoms with Gasteiger partial charge in [-0.15, -0.1) is 0 Å². The third-order valence-electron chi connectivity index (χ3n) is 5.31. The standard InChI is InChI=1S/C26H30N4O2/c1-3-30(4-2)17-7-11-25(31)20-12-14-22(15-13-20)28-23-9-5-10-24(18-23)29-26(32)21-8-6-16-27-19-21/h5-6,8-10,12-16,18-19,28H,3-4,7,11,17H2,1-2H3,(H,29,32). The van der Waals surface area contributed by atoms with E-state index in [4.69, 9.17) is 0 Å². The number of pyridine rings is 1. The predicted octanol–water partition coefficient (Wildman–Crippen LogP) is 5.38. The Hall–Kier alpha value is -3.51. The molecule has 0 saturated heterocycles. The highest BCUT2D eigenvalue weighted by Crippen LogP contribution is 2.21. The minimum absolute atomic E-state index is 0.170. The summed E-state index contributed by atoms with van der Waals surface area (Å²) in [5.74, 6) is -0.0390. The molecule has 1 heterocycles. The van der Waals surface area contributed by atoms with E-state index in [-0.39, 0.29) is 11.7 Å². The topological polar surface area (TPSA) is 74.3 Å². The Kier molecular flexibility index (Phi) is 8.52. The maximum absolute atomic E-state index is 12.5. The second-order valence-electron chi connectivity index (χ2n) is 7.53. The van der Waals surface area contributed by atoms with Gasteiger partial charge in [0.1, 0.15) is 0 Å². The third-order valence-corrected chi connectivity index (χ3v) is 5.31. The van der Waals surface area contributed by atoms with Crippen LogP contribution in [0.3, 0.4) is 0 Å². The quantitative estimate of drug-likeness (QED) is 0.399. The zero-order chi connectivity index (χ0) is 22.8. The number of nitrogens with one attached hydrogen (secondary N) is 2. The lowest BCUT2D eigenvalue weighted by atomic mass is 10.1. The van der Waals surface area contributed by atoms with Crippen LogP contribution in [-0.4, -0.2) is 41.2 Å². The smallest absolute Gasteiger partial charge is 0.257 e. The van der Waals surface area contributed by atoms with E-state index in [1.54, 1.807) is 18.3 Å². The van der Waals surface area contributed by atoms with Gasteiger partial charge in [0.15, 0.2) is 5.78 Å². The largest absolute Gasteiger partial charge is 0.355 e. The van der Waals surface area contributed by atoms with E-state index in [9.17, 15) is 9.59 Å². The molecule has 166 valence electrons. The lowest BCUT2D eigenvalue weighted by Crippen LogP contribution is -2.24. The first-order valence-corrected chi connectivity index (χ1v) is 11.0. The highest BCUT2D eigenvalue weighted by atomic mass is 16.1. The van der Waals surface area contributed by atoms with E-state index >= 15 is 0 Å². The van der Waals surface area contributed by atoms with Gasteiger partial charge in [-0.1, -0.05) is 19.9 Å². The van der Waals surface area contributed by atoms with Crippen LogP contribution in [0.2, 0.25) is 0 Å². The highest BCUT2D eigenvalue weighted by Gasteiger charge is 2.08. The molecule has 0 spiro atoms. The van der Waals surface area contributed by atoms with Gasteiger partial charge in [0, 0.05) is 41.4 Å². The van der Waals surface area contributed by atoms with Gasteiger partial charge in [-0.25, -0.2) is 0 Å². The fourth-order valence-electron chi connectivity index (χ4n) is 3.43. The summed E-state index contributed by atoms with van der Waals surface area (Å²) in [5.41, 5.74) is 3.63. The molecule has 0 aliphatic carbocycles. The van der Waals surface area contributed by atoms with Crippen molar-refractivity contribution in [1.82, 2.24) is 9.88 Å². The van der Waals surface area contributed by atoms with Crippen LogP contribution in [0, 0.1) is 0 Å². The average Bonchev–Trinajstić information content (AvgIpc) is 2.83. The van der Waals surface area contributed by atoms with Crippen LogP contribution in [0.25, 0.3) is 0 Å². The van der Waals surface area contributed by atoms with Crippen LogP contribution in [0.4, 0.5) is 17.1 Å². The number of benzene rings is 2. The molecule has 6 heteroatoms. The number of Topliss-reactive ketones (excluding diaryl/α,β-unsaturated/α-hetero) is 1. The Balaban J connectivity index is 1.55. The Morgan fingerprint density at radius 3 is 2.31 bits per heavy atom. The number of ketones is 1. The fourth-order valence-corrected chi connectivity index (χ4v) is 3.43. The van der Waals surface area contributed by atoms with Gasteiger partial charge in [0.05, 0.1) is 5.56 Å². The second kappa shape index (κ2) is 11.8. The minimum atomic E-state index is -0.209. The summed E-state index contributed by atoms with van der Waals surface area (Å²) in [6.45, 7) is 7.26. The number of carbonyl (C=O) groups is 2. The molecule has 0 bridgehead atoms. The van der Waals surface area contributed by atoms with Crippen LogP contribution >= 0.6 is 0 Å². The second-order valence-corrected chi connectivity index (χ2v) is 7.53. The molecule has 0 atom stereocenters. The van der Waals surface area contributed by atoms with Crippen LogP contribution in [0.15, 0.2) is 73.1 Å². The molecule has 0 radical (unpaired) electrons. The molecule has 0 saturated carbocycles. The van der Waals surface area contributed by atoms with Crippen molar-refractivity contribution in [2.45, 2.75) is 26.7 Å². The molecule has 0 fully saturated rings. The van der Waals surface area contributed by atoms with Crippen LogP contribution < -0.4 is 10.6 Å². The molecule has 32 heavy (non-hydrogen) atoms. The van der Waals surface area contributed by atoms with Gasteiger partial charge in [-0.2, -0.15) is 0 Å². The van der Waals surface area contributed by atoms with Gasteiger partial charge >= 0.3 is 0 Å². The Morgan fingerprint density at radius 1 is 0.875 bits per heavy atom. The number of amides is 1. The molecule has 3 rings (SSSR count). The summed E-state index contributed by atoms with van der Waals surface area (Å²) >= 11 is 0. The van der Waals surface area contributed by atoms with E-state index in [1.165, 1.54) is 6.20 Å². The first kappa shape index (κ1) is 23.2. The SMILES string of the molecule is CCN(CC)CCCC(=O)c1ccc(Nc2cccc(NC(=O)c3cccnc3)c2)cc1. The first-order valence-electron chi connectivity index (χ1n) is 11.0. The summed E-state index contributed by atoms with van der Waals surface area (Å²) in [7, 11) is 0.